The van der Waals surface area contributed by atoms with E-state index in [9.17, 15) is 4.79 Å². The summed E-state index contributed by atoms with van der Waals surface area (Å²) >= 11 is 0. The minimum absolute atomic E-state index is 0.115. The van der Waals surface area contributed by atoms with E-state index in [1.54, 1.807) is 24.3 Å². The number of carboxylic acids is 1. The quantitative estimate of drug-likeness (QED) is 0.780. The fourth-order valence-corrected chi connectivity index (χ4v) is 1.14. The summed E-state index contributed by atoms with van der Waals surface area (Å²) in [4.78, 5) is 14.2. The highest BCUT2D eigenvalue weighted by molar-refractivity contribution is 5.91. The zero-order valence-electron chi connectivity index (χ0n) is 7.10. The summed E-state index contributed by atoms with van der Waals surface area (Å²) < 4.78 is 4.90. The predicted octanol–water partition coefficient (Wildman–Crippen LogP) is 1.84. The number of aromatic nitrogens is 1. The molecule has 1 aromatic carbocycles. The summed E-state index contributed by atoms with van der Waals surface area (Å²) in [5, 5.41) is 8.77. The number of oxazole rings is 1. The van der Waals surface area contributed by atoms with E-state index in [2.05, 4.69) is 11.4 Å². The molecule has 0 amide bonds. The first-order chi connectivity index (χ1) is 6.79. The maximum absolute atomic E-state index is 10.7. The van der Waals surface area contributed by atoms with Crippen LogP contribution in [0.3, 0.4) is 0 Å². The molecule has 0 fully saturated rings. The fourth-order valence-electron chi connectivity index (χ4n) is 1.14. The molecule has 0 atom stereocenters. The van der Waals surface area contributed by atoms with Crippen molar-refractivity contribution < 1.29 is 14.3 Å². The Morgan fingerprint density at radius 2 is 2.07 bits per heavy atom. The highest BCUT2D eigenvalue weighted by atomic mass is 16.4. The van der Waals surface area contributed by atoms with Crippen LogP contribution in [-0.4, -0.2) is 16.1 Å². The fraction of sp³-hybridized carbons (Fsp3) is 0. The Morgan fingerprint density at radius 3 is 2.71 bits per heavy atom. The lowest BCUT2D eigenvalue weighted by molar-refractivity contribution is 0.0691. The Bertz CT molecular complexity index is 447. The highest BCUT2D eigenvalue weighted by Gasteiger charge is 2.16. The molecule has 2 rings (SSSR count). The summed E-state index contributed by atoms with van der Waals surface area (Å²) in [7, 11) is 0. The van der Waals surface area contributed by atoms with Gasteiger partial charge >= 0.3 is 5.97 Å². The Labute approximate surface area is 79.8 Å². The van der Waals surface area contributed by atoms with Crippen LogP contribution in [0.15, 0.2) is 34.7 Å². The molecule has 0 unspecified atom stereocenters. The molecular formula is C10H6NO3. The van der Waals surface area contributed by atoms with E-state index in [4.69, 9.17) is 9.52 Å². The highest BCUT2D eigenvalue weighted by Crippen LogP contribution is 2.21. The first kappa shape index (κ1) is 8.50. The number of aromatic carboxylic acids is 1. The third kappa shape index (κ3) is 1.37. The Balaban J connectivity index is 2.52. The van der Waals surface area contributed by atoms with E-state index in [1.807, 2.05) is 6.07 Å². The second-order valence-corrected chi connectivity index (χ2v) is 2.65. The van der Waals surface area contributed by atoms with Gasteiger partial charge in [0.1, 0.15) is 0 Å². The summed E-state index contributed by atoms with van der Waals surface area (Å²) in [6.45, 7) is 0. The standard InChI is InChI=1S/C10H6NO3/c12-10(13)8-9(14-6-11-8)7-4-2-1-3-5-7/h1-5H,(H,12,13). The van der Waals surface area contributed by atoms with Gasteiger partial charge in [-0.05, 0) is 0 Å². The van der Waals surface area contributed by atoms with Crippen molar-refractivity contribution in [3.8, 4) is 11.3 Å². The molecule has 2 aromatic rings. The van der Waals surface area contributed by atoms with Gasteiger partial charge in [-0.3, -0.25) is 0 Å². The molecule has 0 saturated carbocycles. The second kappa shape index (κ2) is 3.33. The average molecular weight is 188 g/mol. The largest absolute Gasteiger partial charge is 0.476 e. The van der Waals surface area contributed by atoms with Crippen molar-refractivity contribution in [3.63, 3.8) is 0 Å². The van der Waals surface area contributed by atoms with E-state index in [0.717, 1.165) is 0 Å². The number of nitrogens with zero attached hydrogens (tertiary/aromatic N) is 1. The van der Waals surface area contributed by atoms with Crippen LogP contribution in [0, 0.1) is 6.39 Å². The molecule has 0 aliphatic carbocycles. The lowest BCUT2D eigenvalue weighted by Crippen LogP contribution is -1.98. The van der Waals surface area contributed by atoms with Crippen molar-refractivity contribution in [2.75, 3.05) is 0 Å². The van der Waals surface area contributed by atoms with Crippen LogP contribution < -0.4 is 0 Å². The molecule has 4 heteroatoms. The molecule has 0 saturated heterocycles. The van der Waals surface area contributed by atoms with E-state index in [1.165, 1.54) is 0 Å². The van der Waals surface area contributed by atoms with Crippen molar-refractivity contribution in [2.24, 2.45) is 0 Å². The monoisotopic (exact) mass is 188 g/mol. The first-order valence-corrected chi connectivity index (χ1v) is 3.94. The van der Waals surface area contributed by atoms with E-state index < -0.39 is 5.97 Å². The van der Waals surface area contributed by atoms with Crippen LogP contribution in [-0.2, 0) is 0 Å². The van der Waals surface area contributed by atoms with Crippen LogP contribution in [0.2, 0.25) is 0 Å². The van der Waals surface area contributed by atoms with Gasteiger partial charge in [0.2, 0.25) is 0 Å². The number of hydrogen-bond acceptors (Lipinski definition) is 3. The van der Waals surface area contributed by atoms with Crippen molar-refractivity contribution in [1.29, 1.82) is 0 Å². The summed E-state index contributed by atoms with van der Waals surface area (Å²) in [5.74, 6) is -0.882. The summed E-state index contributed by atoms with van der Waals surface area (Å²) in [6, 6.07) is 8.93. The van der Waals surface area contributed by atoms with Crippen LogP contribution in [0.5, 0.6) is 0 Å². The van der Waals surface area contributed by atoms with Crippen LogP contribution in [0.4, 0.5) is 0 Å². The average Bonchev–Trinajstić information content (AvgIpc) is 2.67. The molecule has 1 radical (unpaired) electrons. The van der Waals surface area contributed by atoms with Crippen LogP contribution in [0.25, 0.3) is 11.3 Å². The van der Waals surface area contributed by atoms with Gasteiger partial charge < -0.3 is 9.52 Å². The lowest BCUT2D eigenvalue weighted by Gasteiger charge is -1.95. The number of carbonyl (C=O) groups is 1. The van der Waals surface area contributed by atoms with Crippen LogP contribution in [0.1, 0.15) is 10.5 Å². The molecule has 69 valence electrons. The molecule has 0 spiro atoms. The van der Waals surface area contributed by atoms with Gasteiger partial charge in [0.15, 0.2) is 11.5 Å². The smallest absolute Gasteiger partial charge is 0.358 e. The summed E-state index contributed by atoms with van der Waals surface area (Å²) in [5.41, 5.74) is 0.565. The minimum atomic E-state index is -1.12. The van der Waals surface area contributed by atoms with Gasteiger partial charge in [0.05, 0.1) is 0 Å². The Hall–Kier alpha value is -2.10. The number of carboxylic acid groups (broad SMARTS) is 1. The predicted molar refractivity (Wildman–Crippen MR) is 47.7 cm³/mol. The third-order valence-electron chi connectivity index (χ3n) is 1.76. The topological polar surface area (TPSA) is 63.3 Å². The summed E-state index contributed by atoms with van der Waals surface area (Å²) in [6.07, 6.45) is 2.17. The number of benzene rings is 1. The maximum atomic E-state index is 10.7. The van der Waals surface area contributed by atoms with Crippen molar-refractivity contribution in [1.82, 2.24) is 4.98 Å². The molecule has 0 aliphatic heterocycles. The van der Waals surface area contributed by atoms with Gasteiger partial charge in [0.25, 0.3) is 6.39 Å². The van der Waals surface area contributed by atoms with Gasteiger partial charge in [-0.25, -0.2) is 4.79 Å². The second-order valence-electron chi connectivity index (χ2n) is 2.65. The van der Waals surface area contributed by atoms with Gasteiger partial charge in [-0.2, -0.15) is 4.98 Å². The molecule has 0 bridgehead atoms. The third-order valence-corrected chi connectivity index (χ3v) is 1.76. The molecule has 14 heavy (non-hydrogen) atoms. The molecule has 1 heterocycles. The van der Waals surface area contributed by atoms with E-state index in [0.29, 0.717) is 5.56 Å². The van der Waals surface area contributed by atoms with Crippen molar-refractivity contribution in [2.45, 2.75) is 0 Å². The van der Waals surface area contributed by atoms with Gasteiger partial charge in [0, 0.05) is 5.56 Å². The number of rotatable bonds is 2. The first-order valence-electron chi connectivity index (χ1n) is 3.94. The van der Waals surface area contributed by atoms with Crippen LogP contribution >= 0.6 is 0 Å². The Kier molecular flexibility index (Phi) is 2.02. The molecule has 4 nitrogen and oxygen atoms in total. The molecule has 0 aliphatic rings. The molecular weight excluding hydrogens is 182 g/mol. The Morgan fingerprint density at radius 1 is 1.36 bits per heavy atom. The normalized spacial score (nSPS) is 10.0. The van der Waals surface area contributed by atoms with Crippen molar-refractivity contribution >= 4 is 5.97 Å². The van der Waals surface area contributed by atoms with E-state index >= 15 is 0 Å². The molecule has 1 N–H and O–H groups in total. The van der Waals surface area contributed by atoms with Gasteiger partial charge in [-0.1, -0.05) is 30.3 Å². The van der Waals surface area contributed by atoms with E-state index in [-0.39, 0.29) is 11.5 Å². The zero-order chi connectivity index (χ0) is 9.97. The lowest BCUT2D eigenvalue weighted by atomic mass is 10.1. The minimum Gasteiger partial charge on any atom is -0.476 e. The van der Waals surface area contributed by atoms with Gasteiger partial charge in [-0.15, -0.1) is 0 Å². The maximum Gasteiger partial charge on any atom is 0.358 e. The zero-order valence-corrected chi connectivity index (χ0v) is 7.10. The molecule has 1 aromatic heterocycles. The number of hydrogen-bond donors (Lipinski definition) is 1. The SMILES string of the molecule is O=C(O)c1n[c]oc1-c1ccccc1. The van der Waals surface area contributed by atoms with Crippen molar-refractivity contribution in [3.05, 3.63) is 42.4 Å².